The molecule has 0 fully saturated rings. The molecule has 0 saturated carbocycles. The SMILES string of the molecule is CC(C)c1cc(C#N)cc(C(C)C)c1NC(=O)N=[S@](N)(=O)C1C=C(C(C)(C)O)C=C(C#N)C1. The molecule has 0 radical (unpaired) electrons. The topological polar surface area (TPSA) is 152 Å². The van der Waals surface area contributed by atoms with Gasteiger partial charge in [0, 0.05) is 17.7 Å². The summed E-state index contributed by atoms with van der Waals surface area (Å²) in [5.74, 6) is 0.0135. The van der Waals surface area contributed by atoms with Gasteiger partial charge in [-0.25, -0.2) is 14.1 Å². The van der Waals surface area contributed by atoms with Crippen molar-refractivity contribution in [1.29, 1.82) is 10.5 Å². The maximum Gasteiger partial charge on any atom is 0.354 e. The molecule has 176 valence electrons. The van der Waals surface area contributed by atoms with Gasteiger partial charge < -0.3 is 10.4 Å². The average Bonchev–Trinajstić information content (AvgIpc) is 2.71. The number of aliphatic hydroxyl groups is 1. The number of rotatable bonds is 5. The lowest BCUT2D eigenvalue weighted by atomic mass is 9.90. The fourth-order valence-electron chi connectivity index (χ4n) is 3.58. The Morgan fingerprint density at radius 1 is 1.21 bits per heavy atom. The van der Waals surface area contributed by atoms with Crippen LogP contribution in [0, 0.1) is 22.7 Å². The van der Waals surface area contributed by atoms with E-state index in [2.05, 4.69) is 15.7 Å². The Labute approximate surface area is 196 Å². The quantitative estimate of drug-likeness (QED) is 0.575. The number of nitrogens with two attached hydrogens (primary N) is 1. The number of anilines is 1. The van der Waals surface area contributed by atoms with Crippen LogP contribution in [-0.4, -0.2) is 26.2 Å². The zero-order chi connectivity index (χ0) is 25.1. The van der Waals surface area contributed by atoms with Gasteiger partial charge in [-0.15, -0.1) is 4.36 Å². The van der Waals surface area contributed by atoms with Crippen LogP contribution in [0.15, 0.2) is 39.8 Å². The number of nitrogens with zero attached hydrogens (tertiary/aromatic N) is 3. The molecule has 9 heteroatoms. The molecule has 2 atom stereocenters. The molecular formula is C24H31N5O3S. The van der Waals surface area contributed by atoms with Gasteiger partial charge >= 0.3 is 6.03 Å². The zero-order valence-corrected chi connectivity index (χ0v) is 20.7. The fraction of sp³-hybridized carbons (Fsp3) is 0.458. The third-order valence-electron chi connectivity index (χ3n) is 5.43. The molecular weight excluding hydrogens is 438 g/mol. The van der Waals surface area contributed by atoms with E-state index in [0.717, 1.165) is 11.1 Å². The molecule has 0 saturated heterocycles. The van der Waals surface area contributed by atoms with Crippen LogP contribution < -0.4 is 10.5 Å². The number of hydrogen-bond donors (Lipinski definition) is 3. The van der Waals surface area contributed by atoms with Gasteiger partial charge in [-0.2, -0.15) is 10.5 Å². The number of allylic oxidation sites excluding steroid dienone is 1. The van der Waals surface area contributed by atoms with Crippen molar-refractivity contribution < 1.29 is 14.1 Å². The molecule has 2 amide bonds. The number of carbonyl (C=O) groups is 1. The smallest absolute Gasteiger partial charge is 0.354 e. The molecule has 1 aromatic carbocycles. The van der Waals surface area contributed by atoms with E-state index >= 15 is 0 Å². The van der Waals surface area contributed by atoms with Gasteiger partial charge in [-0.05, 0) is 60.6 Å². The number of nitrogens with one attached hydrogen (secondary N) is 1. The first-order valence-corrected chi connectivity index (χ1v) is 12.3. The maximum absolute atomic E-state index is 13.3. The maximum atomic E-state index is 13.3. The number of carbonyl (C=O) groups excluding carboxylic acids is 1. The van der Waals surface area contributed by atoms with Crippen molar-refractivity contribution in [1.82, 2.24) is 0 Å². The highest BCUT2D eigenvalue weighted by Gasteiger charge is 2.29. The van der Waals surface area contributed by atoms with E-state index in [1.165, 1.54) is 12.2 Å². The van der Waals surface area contributed by atoms with E-state index in [1.807, 2.05) is 33.8 Å². The Morgan fingerprint density at radius 2 is 1.76 bits per heavy atom. The molecule has 0 spiro atoms. The lowest BCUT2D eigenvalue weighted by Gasteiger charge is -2.26. The van der Waals surface area contributed by atoms with Gasteiger partial charge in [-0.1, -0.05) is 33.8 Å². The summed E-state index contributed by atoms with van der Waals surface area (Å²) in [7, 11) is -3.59. The van der Waals surface area contributed by atoms with Crippen LogP contribution in [0.5, 0.6) is 0 Å². The predicted molar refractivity (Wildman–Crippen MR) is 130 cm³/mol. The fourth-order valence-corrected chi connectivity index (χ4v) is 4.78. The zero-order valence-electron chi connectivity index (χ0n) is 19.8. The number of urea groups is 1. The first-order valence-electron chi connectivity index (χ1n) is 10.7. The van der Waals surface area contributed by atoms with E-state index in [0.29, 0.717) is 22.4 Å². The van der Waals surface area contributed by atoms with Crippen LogP contribution in [0.2, 0.25) is 0 Å². The van der Waals surface area contributed by atoms with E-state index in [1.54, 1.807) is 26.0 Å². The van der Waals surface area contributed by atoms with Crippen molar-refractivity contribution in [2.45, 2.75) is 70.7 Å². The highest BCUT2D eigenvalue weighted by molar-refractivity contribution is 7.92. The van der Waals surface area contributed by atoms with Crippen molar-refractivity contribution in [3.63, 3.8) is 0 Å². The predicted octanol–water partition coefficient (Wildman–Crippen LogP) is 4.60. The van der Waals surface area contributed by atoms with Crippen LogP contribution in [0.3, 0.4) is 0 Å². The van der Waals surface area contributed by atoms with Gasteiger partial charge in [0.15, 0.2) is 0 Å². The second-order valence-electron chi connectivity index (χ2n) is 9.29. The highest BCUT2D eigenvalue weighted by Crippen LogP contribution is 2.34. The lowest BCUT2D eigenvalue weighted by Crippen LogP contribution is -2.33. The third-order valence-corrected chi connectivity index (χ3v) is 7.05. The van der Waals surface area contributed by atoms with Crippen LogP contribution in [-0.2, 0) is 9.92 Å². The molecule has 1 aromatic rings. The molecule has 0 bridgehead atoms. The molecule has 1 unspecified atom stereocenters. The monoisotopic (exact) mass is 469 g/mol. The third kappa shape index (κ3) is 6.29. The summed E-state index contributed by atoms with van der Waals surface area (Å²) in [5, 5.41) is 36.9. The van der Waals surface area contributed by atoms with E-state index < -0.39 is 26.8 Å². The Kier molecular flexibility index (Phi) is 7.87. The summed E-state index contributed by atoms with van der Waals surface area (Å²) < 4.78 is 17.0. The Morgan fingerprint density at radius 3 is 2.18 bits per heavy atom. The second-order valence-corrected chi connectivity index (χ2v) is 11.3. The minimum absolute atomic E-state index is 0.00674. The lowest BCUT2D eigenvalue weighted by molar-refractivity contribution is 0.123. The number of nitriles is 2. The molecule has 0 heterocycles. The van der Waals surface area contributed by atoms with Crippen molar-refractivity contribution in [2.75, 3.05) is 5.32 Å². The minimum atomic E-state index is -3.59. The Bertz CT molecular complexity index is 1180. The van der Waals surface area contributed by atoms with Crippen molar-refractivity contribution in [3.05, 3.63) is 52.1 Å². The molecule has 0 aromatic heterocycles. The van der Waals surface area contributed by atoms with Crippen molar-refractivity contribution in [3.8, 4) is 12.1 Å². The van der Waals surface area contributed by atoms with Gasteiger partial charge in [0.05, 0.1) is 28.6 Å². The van der Waals surface area contributed by atoms with Crippen LogP contribution in [0.4, 0.5) is 10.5 Å². The Hall–Kier alpha value is -2.98. The average molecular weight is 470 g/mol. The summed E-state index contributed by atoms with van der Waals surface area (Å²) in [6.45, 7) is 10.9. The summed E-state index contributed by atoms with van der Waals surface area (Å²) in [6, 6.07) is 6.72. The first-order chi connectivity index (χ1) is 15.2. The van der Waals surface area contributed by atoms with E-state index in [9.17, 15) is 24.6 Å². The molecule has 1 aliphatic carbocycles. The molecule has 2 rings (SSSR count). The number of hydrogen-bond acceptors (Lipinski definition) is 5. The van der Waals surface area contributed by atoms with Crippen LogP contribution >= 0.6 is 0 Å². The number of amides is 2. The largest absolute Gasteiger partial charge is 0.386 e. The minimum Gasteiger partial charge on any atom is -0.386 e. The highest BCUT2D eigenvalue weighted by atomic mass is 32.2. The Balaban J connectivity index is 2.50. The van der Waals surface area contributed by atoms with Gasteiger partial charge in [0.25, 0.3) is 0 Å². The summed E-state index contributed by atoms with van der Waals surface area (Å²) in [5.41, 5.74) is 1.95. The molecule has 0 aliphatic heterocycles. The standard InChI is InChI=1S/C24H31N5O3S/c1-14(2)20-9-17(13-26)10-21(15(3)4)22(20)28-23(30)29-33(27,32)19-8-16(12-25)7-18(11-19)24(5,6)31/h7,9-11,14-15,19,31H,8H2,1-6H3,(H3,27,28,29,30,32)/t19?,33-/m0/s1. The normalized spacial score (nSPS) is 18.0. The van der Waals surface area contributed by atoms with Crippen LogP contribution in [0.1, 0.15) is 76.5 Å². The van der Waals surface area contributed by atoms with Gasteiger partial charge in [0.2, 0.25) is 0 Å². The molecule has 4 N–H and O–H groups in total. The van der Waals surface area contributed by atoms with E-state index in [-0.39, 0.29) is 18.3 Å². The second kappa shape index (κ2) is 9.88. The summed E-state index contributed by atoms with van der Waals surface area (Å²) >= 11 is 0. The summed E-state index contributed by atoms with van der Waals surface area (Å²) in [6.07, 6.45) is 3.10. The van der Waals surface area contributed by atoms with Gasteiger partial charge in [0.1, 0.15) is 9.92 Å². The molecule has 8 nitrogen and oxygen atoms in total. The molecule has 33 heavy (non-hydrogen) atoms. The first kappa shape index (κ1) is 26.3. The molecule has 1 aliphatic rings. The van der Waals surface area contributed by atoms with Crippen molar-refractivity contribution in [2.24, 2.45) is 9.50 Å². The van der Waals surface area contributed by atoms with Gasteiger partial charge in [-0.3, -0.25) is 0 Å². The van der Waals surface area contributed by atoms with Crippen molar-refractivity contribution >= 4 is 21.6 Å². The number of benzene rings is 1. The summed E-state index contributed by atoms with van der Waals surface area (Å²) in [4.78, 5) is 12.9. The van der Waals surface area contributed by atoms with Crippen LogP contribution in [0.25, 0.3) is 0 Å². The van der Waals surface area contributed by atoms with E-state index in [4.69, 9.17) is 5.14 Å².